The Labute approximate surface area is 150 Å². The largest absolute Gasteiger partial charge is 0.206 e. The first-order valence-electron chi connectivity index (χ1n) is 7.79. The van der Waals surface area contributed by atoms with Gasteiger partial charge in [0.15, 0.2) is 0 Å². The fourth-order valence-corrected chi connectivity index (χ4v) is 5.19. The lowest BCUT2D eigenvalue weighted by Crippen LogP contribution is -2.22. The van der Waals surface area contributed by atoms with Gasteiger partial charge in [0.25, 0.3) is 0 Å². The van der Waals surface area contributed by atoms with E-state index in [-0.39, 0.29) is 16.0 Å². The molecular weight excluding hydrogens is 339 g/mol. The van der Waals surface area contributed by atoms with Gasteiger partial charge in [-0.15, -0.1) is 11.8 Å². The van der Waals surface area contributed by atoms with E-state index in [1.165, 1.54) is 11.5 Å². The summed E-state index contributed by atoms with van der Waals surface area (Å²) in [5, 5.41) is 9.66. The molecule has 0 N–H and O–H groups in total. The van der Waals surface area contributed by atoms with Crippen LogP contribution < -0.4 is 0 Å². The average Bonchev–Trinajstić information content (AvgIpc) is 2.96. The first kappa shape index (κ1) is 17.2. The number of nitrogens with zero attached hydrogens (tertiary/aromatic N) is 2. The van der Waals surface area contributed by atoms with Crippen LogP contribution in [0.15, 0.2) is 41.0 Å². The number of rotatable bonds is 2. The van der Waals surface area contributed by atoms with Gasteiger partial charge in [-0.1, -0.05) is 39.8 Å². The molecule has 2 aromatic rings. The zero-order chi connectivity index (χ0) is 17.5. The number of fused-ring (bicyclic) bond motifs is 1. The molecule has 0 saturated heterocycles. The van der Waals surface area contributed by atoms with E-state index in [0.29, 0.717) is 11.0 Å². The lowest BCUT2D eigenvalue weighted by Gasteiger charge is -2.32. The number of benzene rings is 1. The van der Waals surface area contributed by atoms with Crippen LogP contribution in [0.3, 0.4) is 0 Å². The number of hydrogen-bond acceptors (Lipinski definition) is 4. The molecule has 1 aliphatic rings. The van der Waals surface area contributed by atoms with Crippen molar-refractivity contribution in [1.82, 2.24) is 4.37 Å². The van der Waals surface area contributed by atoms with E-state index in [1.54, 1.807) is 24.0 Å². The molecule has 1 aromatic carbocycles. The van der Waals surface area contributed by atoms with Gasteiger partial charge < -0.3 is 0 Å². The topological polar surface area (TPSA) is 36.7 Å². The molecule has 3 rings (SSSR count). The summed E-state index contributed by atoms with van der Waals surface area (Å²) in [4.78, 5) is 0.956. The summed E-state index contributed by atoms with van der Waals surface area (Å²) in [6.45, 7) is 8.53. The van der Waals surface area contributed by atoms with Crippen molar-refractivity contribution in [3.05, 3.63) is 47.4 Å². The van der Waals surface area contributed by atoms with E-state index < -0.39 is 0 Å². The third-order valence-electron chi connectivity index (χ3n) is 4.05. The maximum absolute atomic E-state index is 14.5. The normalized spacial score (nSPS) is 20.9. The highest BCUT2D eigenvalue weighted by molar-refractivity contribution is 8.00. The lowest BCUT2D eigenvalue weighted by atomic mass is 9.76. The van der Waals surface area contributed by atoms with Crippen molar-refractivity contribution in [2.24, 2.45) is 0 Å². The highest BCUT2D eigenvalue weighted by Gasteiger charge is 2.32. The van der Waals surface area contributed by atoms with Crippen LogP contribution >= 0.6 is 23.3 Å². The van der Waals surface area contributed by atoms with Crippen molar-refractivity contribution in [2.45, 2.75) is 49.2 Å². The van der Waals surface area contributed by atoms with Crippen LogP contribution in [0.25, 0.3) is 10.1 Å². The van der Waals surface area contributed by atoms with Crippen LogP contribution in [0.1, 0.15) is 39.7 Å². The number of nitriles is 1. The zero-order valence-corrected chi connectivity index (χ0v) is 15.8. The van der Waals surface area contributed by atoms with Gasteiger partial charge in [-0.05, 0) is 35.7 Å². The number of halogens is 1. The first-order chi connectivity index (χ1) is 11.2. The molecule has 0 spiro atoms. The van der Waals surface area contributed by atoms with Gasteiger partial charge in [0.05, 0.1) is 17.0 Å². The summed E-state index contributed by atoms with van der Waals surface area (Å²) in [5.41, 5.74) is 1.53. The number of hydrogen-bond donors (Lipinski definition) is 0. The van der Waals surface area contributed by atoms with E-state index in [9.17, 15) is 4.39 Å². The molecule has 0 fully saturated rings. The monoisotopic (exact) mass is 358 g/mol. The van der Waals surface area contributed by atoms with E-state index >= 15 is 0 Å². The fourth-order valence-electron chi connectivity index (χ4n) is 2.92. The van der Waals surface area contributed by atoms with Crippen molar-refractivity contribution < 1.29 is 4.39 Å². The van der Waals surface area contributed by atoms with Gasteiger partial charge >= 0.3 is 0 Å². The Bertz CT molecular complexity index is 896. The predicted octanol–water partition coefficient (Wildman–Crippen LogP) is 5.99. The van der Waals surface area contributed by atoms with E-state index in [4.69, 9.17) is 5.26 Å². The minimum absolute atomic E-state index is 0.0258. The Hall–Kier alpha value is -1.64. The summed E-state index contributed by atoms with van der Waals surface area (Å²) in [6.07, 6.45) is 8.23. The van der Waals surface area contributed by atoms with Gasteiger partial charge in [-0.2, -0.15) is 9.64 Å². The molecule has 124 valence electrons. The van der Waals surface area contributed by atoms with Gasteiger partial charge in [0, 0.05) is 26.0 Å². The van der Waals surface area contributed by atoms with Crippen molar-refractivity contribution in [3.8, 4) is 6.07 Å². The first-order valence-corrected chi connectivity index (χ1v) is 9.38. The Morgan fingerprint density at radius 3 is 2.75 bits per heavy atom. The average molecular weight is 359 g/mol. The van der Waals surface area contributed by atoms with Gasteiger partial charge in [-0.25, -0.2) is 4.39 Å². The number of allylic oxidation sites excluding steroid dienone is 4. The molecular formula is C19H19FN2S2. The highest BCUT2D eigenvalue weighted by atomic mass is 32.2. The van der Waals surface area contributed by atoms with Crippen LogP contribution in [0.4, 0.5) is 4.39 Å². The van der Waals surface area contributed by atoms with Crippen LogP contribution in [0.2, 0.25) is 0 Å². The summed E-state index contributed by atoms with van der Waals surface area (Å²) in [5.74, 6) is -0.217. The third kappa shape index (κ3) is 3.13. The molecule has 0 bridgehead atoms. The van der Waals surface area contributed by atoms with E-state index in [1.807, 2.05) is 12.2 Å². The minimum Gasteiger partial charge on any atom is -0.206 e. The van der Waals surface area contributed by atoms with Crippen LogP contribution in [-0.2, 0) is 5.41 Å². The summed E-state index contributed by atoms with van der Waals surface area (Å²) < 4.78 is 19.6. The molecule has 0 saturated carbocycles. The predicted molar refractivity (Wildman–Crippen MR) is 100.0 cm³/mol. The van der Waals surface area contributed by atoms with Gasteiger partial charge in [-0.3, -0.25) is 0 Å². The van der Waals surface area contributed by atoms with Gasteiger partial charge in [0.2, 0.25) is 0 Å². The molecule has 0 aliphatic heterocycles. The maximum atomic E-state index is 14.5. The molecule has 24 heavy (non-hydrogen) atoms. The van der Waals surface area contributed by atoms with E-state index in [0.717, 1.165) is 21.6 Å². The summed E-state index contributed by atoms with van der Waals surface area (Å²) in [7, 11) is 0. The number of aromatic nitrogens is 1. The molecule has 5 heteroatoms. The van der Waals surface area contributed by atoms with Crippen molar-refractivity contribution in [2.75, 3.05) is 0 Å². The van der Waals surface area contributed by atoms with E-state index in [2.05, 4.69) is 44.2 Å². The molecule has 1 atom stereocenters. The standard InChI is InChI=1S/C19H19FN2S2/c1-18(2,3)23-15-9-14(20)13-11-22-24-17(13)16(15)19(4)7-5-12(10-21)6-8-19/h5-7,9,11H,8H2,1-4H3. The Balaban J connectivity index is 2.22. The second kappa shape index (κ2) is 6.02. The van der Waals surface area contributed by atoms with Crippen molar-refractivity contribution >= 4 is 33.4 Å². The molecule has 1 aliphatic carbocycles. The molecule has 0 radical (unpaired) electrons. The van der Waals surface area contributed by atoms with Crippen LogP contribution in [0.5, 0.6) is 0 Å². The Morgan fingerprint density at radius 1 is 1.42 bits per heavy atom. The Morgan fingerprint density at radius 2 is 2.17 bits per heavy atom. The van der Waals surface area contributed by atoms with Crippen LogP contribution in [-0.4, -0.2) is 9.12 Å². The van der Waals surface area contributed by atoms with Crippen molar-refractivity contribution in [1.29, 1.82) is 5.26 Å². The molecule has 1 unspecified atom stereocenters. The second-order valence-corrected chi connectivity index (χ2v) is 9.91. The number of thioether (sulfide) groups is 1. The minimum atomic E-state index is -0.271. The molecule has 1 aromatic heterocycles. The van der Waals surface area contributed by atoms with Crippen LogP contribution in [0, 0.1) is 17.1 Å². The Kier molecular flexibility index (Phi) is 4.31. The maximum Gasteiger partial charge on any atom is 0.134 e. The second-order valence-electron chi connectivity index (χ2n) is 7.24. The summed E-state index contributed by atoms with van der Waals surface area (Å²) in [6, 6.07) is 3.83. The van der Waals surface area contributed by atoms with Crippen molar-refractivity contribution in [3.63, 3.8) is 0 Å². The third-order valence-corrected chi connectivity index (χ3v) is 6.02. The quantitative estimate of drug-likeness (QED) is 0.618. The lowest BCUT2D eigenvalue weighted by molar-refractivity contribution is 0.585. The fraction of sp³-hybridized carbons (Fsp3) is 0.368. The summed E-state index contributed by atoms with van der Waals surface area (Å²) >= 11 is 3.02. The smallest absolute Gasteiger partial charge is 0.134 e. The zero-order valence-electron chi connectivity index (χ0n) is 14.2. The highest BCUT2D eigenvalue weighted by Crippen LogP contribution is 2.47. The van der Waals surface area contributed by atoms with Gasteiger partial charge in [0.1, 0.15) is 5.82 Å². The SMILES string of the molecule is CC(C)(C)Sc1cc(F)c2cnsc2c1C1(C)C=CC(C#N)=CC1. The molecule has 1 heterocycles. The molecule has 0 amide bonds. The molecule has 2 nitrogen and oxygen atoms in total.